The van der Waals surface area contributed by atoms with E-state index in [-0.39, 0.29) is 5.54 Å². The molecule has 2 N–H and O–H groups in total. The Morgan fingerprint density at radius 2 is 2.30 bits per heavy atom. The van der Waals surface area contributed by atoms with Gasteiger partial charge in [0.1, 0.15) is 0 Å². The van der Waals surface area contributed by atoms with Crippen LogP contribution in [0.25, 0.3) is 0 Å². The lowest BCUT2D eigenvalue weighted by atomic mass is 9.82. The van der Waals surface area contributed by atoms with Gasteiger partial charge in [-0.05, 0) is 32.6 Å². The Bertz CT molecular complexity index is 112. The van der Waals surface area contributed by atoms with Crippen molar-refractivity contribution in [2.45, 2.75) is 44.2 Å². The summed E-state index contributed by atoms with van der Waals surface area (Å²) in [6, 6.07) is 0. The summed E-state index contributed by atoms with van der Waals surface area (Å²) in [4.78, 5) is 0. The molecule has 60 valence electrons. The Hall–Kier alpha value is -0.0800. The van der Waals surface area contributed by atoms with Crippen LogP contribution in [0.15, 0.2) is 0 Å². The Morgan fingerprint density at radius 1 is 1.60 bits per heavy atom. The molecule has 10 heavy (non-hydrogen) atoms. The van der Waals surface area contributed by atoms with Gasteiger partial charge in [-0.25, -0.2) is 0 Å². The molecule has 1 rings (SSSR count). The summed E-state index contributed by atoms with van der Waals surface area (Å²) in [5.74, 6) is 0. The van der Waals surface area contributed by atoms with E-state index < -0.39 is 0 Å². The van der Waals surface area contributed by atoms with Gasteiger partial charge in [-0.1, -0.05) is 0 Å². The Balaban J connectivity index is 2.40. The van der Waals surface area contributed by atoms with Crippen LogP contribution in [-0.2, 0) is 4.74 Å². The van der Waals surface area contributed by atoms with Crippen molar-refractivity contribution >= 4 is 0 Å². The molecule has 0 aliphatic heterocycles. The Kier molecular flexibility index (Phi) is 2.32. The summed E-state index contributed by atoms with van der Waals surface area (Å²) in [6.45, 7) is 2.11. The number of hydrogen-bond acceptors (Lipinski definition) is 2. The zero-order chi connectivity index (χ0) is 7.61. The molecule has 0 aromatic rings. The van der Waals surface area contributed by atoms with E-state index in [1.807, 2.05) is 0 Å². The first-order valence-corrected chi connectivity index (χ1v) is 3.96. The van der Waals surface area contributed by atoms with E-state index in [0.717, 1.165) is 12.8 Å². The molecular formula is C8H17NO. The molecule has 2 heteroatoms. The standard InChI is InChI=1S/C8H17NO/c1-8(9)5-3-4-7(6-8)10-2/h7H,3-6,9H2,1-2H3. The zero-order valence-electron chi connectivity index (χ0n) is 6.89. The van der Waals surface area contributed by atoms with Gasteiger partial charge in [0.05, 0.1) is 6.10 Å². The third-order valence-electron chi connectivity index (χ3n) is 2.30. The average Bonchev–Trinajstić information content (AvgIpc) is 1.86. The quantitative estimate of drug-likeness (QED) is 0.600. The van der Waals surface area contributed by atoms with E-state index in [1.165, 1.54) is 12.8 Å². The fraction of sp³-hybridized carbons (Fsp3) is 1.00. The average molecular weight is 143 g/mol. The predicted octanol–water partition coefficient (Wildman–Crippen LogP) is 1.29. The van der Waals surface area contributed by atoms with Gasteiger partial charge in [0.25, 0.3) is 0 Å². The lowest BCUT2D eigenvalue weighted by Crippen LogP contribution is -2.43. The van der Waals surface area contributed by atoms with Crippen LogP contribution in [0, 0.1) is 0 Å². The van der Waals surface area contributed by atoms with Crippen LogP contribution in [0.3, 0.4) is 0 Å². The van der Waals surface area contributed by atoms with Gasteiger partial charge in [0, 0.05) is 12.6 Å². The van der Waals surface area contributed by atoms with Gasteiger partial charge >= 0.3 is 0 Å². The maximum absolute atomic E-state index is 5.96. The minimum Gasteiger partial charge on any atom is -0.381 e. The van der Waals surface area contributed by atoms with Gasteiger partial charge in [-0.15, -0.1) is 0 Å². The highest BCUT2D eigenvalue weighted by atomic mass is 16.5. The molecule has 0 saturated heterocycles. The van der Waals surface area contributed by atoms with Crippen molar-refractivity contribution in [2.75, 3.05) is 7.11 Å². The van der Waals surface area contributed by atoms with E-state index in [0.29, 0.717) is 6.10 Å². The minimum atomic E-state index is 0.0267. The largest absolute Gasteiger partial charge is 0.381 e. The van der Waals surface area contributed by atoms with Crippen molar-refractivity contribution in [1.82, 2.24) is 0 Å². The molecule has 0 aromatic heterocycles. The topological polar surface area (TPSA) is 35.2 Å². The molecule has 0 amide bonds. The number of methoxy groups -OCH3 is 1. The van der Waals surface area contributed by atoms with Crippen molar-refractivity contribution in [1.29, 1.82) is 0 Å². The van der Waals surface area contributed by atoms with Crippen molar-refractivity contribution < 1.29 is 4.74 Å². The first-order valence-electron chi connectivity index (χ1n) is 3.96. The van der Waals surface area contributed by atoms with Crippen molar-refractivity contribution in [3.63, 3.8) is 0 Å². The summed E-state index contributed by atoms with van der Waals surface area (Å²) in [6.07, 6.45) is 4.97. The zero-order valence-corrected chi connectivity index (χ0v) is 6.89. The first kappa shape index (κ1) is 8.02. The molecule has 1 aliphatic rings. The Labute approximate surface area is 62.7 Å². The molecule has 2 nitrogen and oxygen atoms in total. The van der Waals surface area contributed by atoms with Crippen molar-refractivity contribution in [2.24, 2.45) is 5.73 Å². The lowest BCUT2D eigenvalue weighted by molar-refractivity contribution is 0.0459. The molecule has 2 unspecified atom stereocenters. The number of hydrogen-bond donors (Lipinski definition) is 1. The van der Waals surface area contributed by atoms with Crippen LogP contribution >= 0.6 is 0 Å². The smallest absolute Gasteiger partial charge is 0.0588 e. The van der Waals surface area contributed by atoms with Crippen LogP contribution in [0.2, 0.25) is 0 Å². The molecular weight excluding hydrogens is 126 g/mol. The van der Waals surface area contributed by atoms with E-state index in [9.17, 15) is 0 Å². The third kappa shape index (κ3) is 1.96. The Morgan fingerprint density at radius 3 is 2.70 bits per heavy atom. The molecule has 1 aliphatic carbocycles. The second-order valence-corrected chi connectivity index (χ2v) is 3.61. The molecule has 0 bridgehead atoms. The molecule has 0 spiro atoms. The highest BCUT2D eigenvalue weighted by Crippen LogP contribution is 2.26. The minimum absolute atomic E-state index is 0.0267. The van der Waals surface area contributed by atoms with Crippen LogP contribution in [0.4, 0.5) is 0 Å². The molecule has 1 fully saturated rings. The fourth-order valence-corrected chi connectivity index (χ4v) is 1.66. The maximum Gasteiger partial charge on any atom is 0.0588 e. The van der Waals surface area contributed by atoms with Crippen molar-refractivity contribution in [3.05, 3.63) is 0 Å². The van der Waals surface area contributed by atoms with E-state index in [4.69, 9.17) is 10.5 Å². The van der Waals surface area contributed by atoms with Gasteiger partial charge in [-0.3, -0.25) is 0 Å². The predicted molar refractivity (Wildman–Crippen MR) is 41.9 cm³/mol. The van der Waals surface area contributed by atoms with Crippen LogP contribution < -0.4 is 5.73 Å². The fourth-order valence-electron chi connectivity index (χ4n) is 1.66. The summed E-state index contributed by atoms with van der Waals surface area (Å²) < 4.78 is 5.25. The number of nitrogens with two attached hydrogens (primary N) is 1. The van der Waals surface area contributed by atoms with E-state index in [1.54, 1.807) is 7.11 Å². The maximum atomic E-state index is 5.96. The van der Waals surface area contributed by atoms with E-state index in [2.05, 4.69) is 6.92 Å². The monoisotopic (exact) mass is 143 g/mol. The molecule has 0 aromatic carbocycles. The number of ether oxygens (including phenoxy) is 1. The van der Waals surface area contributed by atoms with Crippen molar-refractivity contribution in [3.8, 4) is 0 Å². The van der Waals surface area contributed by atoms with Gasteiger partial charge in [-0.2, -0.15) is 0 Å². The van der Waals surface area contributed by atoms with Gasteiger partial charge in [0.2, 0.25) is 0 Å². The summed E-state index contributed by atoms with van der Waals surface area (Å²) >= 11 is 0. The summed E-state index contributed by atoms with van der Waals surface area (Å²) in [7, 11) is 1.77. The number of rotatable bonds is 1. The molecule has 2 atom stereocenters. The normalized spacial score (nSPS) is 41.7. The highest BCUT2D eigenvalue weighted by molar-refractivity contribution is 4.86. The first-order chi connectivity index (χ1) is 4.64. The summed E-state index contributed by atoms with van der Waals surface area (Å²) in [5.41, 5.74) is 5.99. The summed E-state index contributed by atoms with van der Waals surface area (Å²) in [5, 5.41) is 0. The van der Waals surface area contributed by atoms with Crippen LogP contribution in [0.1, 0.15) is 32.6 Å². The molecule has 1 saturated carbocycles. The lowest BCUT2D eigenvalue weighted by Gasteiger charge is -2.34. The highest BCUT2D eigenvalue weighted by Gasteiger charge is 2.27. The molecule has 0 heterocycles. The van der Waals surface area contributed by atoms with Gasteiger partial charge in [0.15, 0.2) is 0 Å². The second kappa shape index (κ2) is 2.89. The molecule has 0 radical (unpaired) electrons. The SMILES string of the molecule is COC1CCCC(C)(N)C1. The van der Waals surface area contributed by atoms with Crippen LogP contribution in [0.5, 0.6) is 0 Å². The van der Waals surface area contributed by atoms with Crippen LogP contribution in [-0.4, -0.2) is 18.8 Å². The van der Waals surface area contributed by atoms with E-state index >= 15 is 0 Å². The second-order valence-electron chi connectivity index (χ2n) is 3.61. The van der Waals surface area contributed by atoms with Gasteiger partial charge < -0.3 is 10.5 Å². The third-order valence-corrected chi connectivity index (χ3v) is 2.30.